The number of carbonyl (C=O) groups excluding carboxylic acids is 2. The molecular formula is C25H34N2O2S. The minimum atomic E-state index is -0.462. The van der Waals surface area contributed by atoms with Gasteiger partial charge in [-0.1, -0.05) is 75.4 Å². The van der Waals surface area contributed by atoms with Crippen molar-refractivity contribution in [2.24, 2.45) is 5.92 Å². The lowest BCUT2D eigenvalue weighted by Crippen LogP contribution is -2.50. The summed E-state index contributed by atoms with van der Waals surface area (Å²) < 4.78 is 0. The topological polar surface area (TPSA) is 49.4 Å². The van der Waals surface area contributed by atoms with Crippen LogP contribution < -0.4 is 5.32 Å². The molecule has 0 saturated carbocycles. The second-order valence-electron chi connectivity index (χ2n) is 7.99. The van der Waals surface area contributed by atoms with Crippen LogP contribution in [0.4, 0.5) is 0 Å². The molecule has 0 fully saturated rings. The van der Waals surface area contributed by atoms with E-state index in [1.165, 1.54) is 11.1 Å². The number of hydrogen-bond acceptors (Lipinski definition) is 3. The molecule has 162 valence electrons. The molecule has 4 nitrogen and oxygen atoms in total. The molecule has 2 aromatic carbocycles. The summed E-state index contributed by atoms with van der Waals surface area (Å²) in [6, 6.07) is 17.7. The van der Waals surface area contributed by atoms with Crippen LogP contribution in [0.25, 0.3) is 0 Å². The fourth-order valence-electron chi connectivity index (χ4n) is 3.23. The fraction of sp³-hybridized carbons (Fsp3) is 0.440. The number of carbonyl (C=O) groups is 2. The zero-order chi connectivity index (χ0) is 21.9. The number of amides is 2. The van der Waals surface area contributed by atoms with Gasteiger partial charge >= 0.3 is 0 Å². The molecule has 30 heavy (non-hydrogen) atoms. The molecule has 1 unspecified atom stereocenters. The number of rotatable bonds is 11. The monoisotopic (exact) mass is 426 g/mol. The largest absolute Gasteiger partial charge is 0.354 e. The van der Waals surface area contributed by atoms with E-state index >= 15 is 0 Å². The number of nitrogens with zero attached hydrogens (tertiary/aromatic N) is 1. The summed E-state index contributed by atoms with van der Waals surface area (Å²) in [6.07, 6.45) is 0.588. The van der Waals surface area contributed by atoms with Crippen LogP contribution in [0.2, 0.25) is 0 Å². The summed E-state index contributed by atoms with van der Waals surface area (Å²) in [4.78, 5) is 27.8. The van der Waals surface area contributed by atoms with E-state index in [2.05, 4.69) is 38.2 Å². The van der Waals surface area contributed by atoms with Crippen LogP contribution in [0.5, 0.6) is 0 Å². The quantitative estimate of drug-likeness (QED) is 0.561. The first kappa shape index (κ1) is 24.0. The number of aryl methyl sites for hydroxylation is 1. The molecule has 5 heteroatoms. The Morgan fingerprint density at radius 1 is 1.03 bits per heavy atom. The molecule has 2 aromatic rings. The van der Waals surface area contributed by atoms with Crippen molar-refractivity contribution in [2.45, 2.75) is 52.5 Å². The summed E-state index contributed by atoms with van der Waals surface area (Å²) >= 11 is 1.60. The van der Waals surface area contributed by atoms with E-state index in [4.69, 9.17) is 0 Å². The molecule has 0 saturated heterocycles. The molecule has 1 atom stereocenters. The first-order valence-corrected chi connectivity index (χ1v) is 11.8. The van der Waals surface area contributed by atoms with Crippen LogP contribution in [0.1, 0.15) is 43.9 Å². The Morgan fingerprint density at radius 2 is 1.70 bits per heavy atom. The summed E-state index contributed by atoms with van der Waals surface area (Å²) in [6.45, 7) is 9.24. The lowest BCUT2D eigenvalue weighted by Gasteiger charge is -2.31. The van der Waals surface area contributed by atoms with Gasteiger partial charge in [0.05, 0.1) is 5.75 Å². The highest BCUT2D eigenvalue weighted by Crippen LogP contribution is 2.19. The van der Waals surface area contributed by atoms with Crippen LogP contribution in [0, 0.1) is 12.8 Å². The molecule has 0 bridgehead atoms. The molecule has 0 radical (unpaired) electrons. The standard InChI is InChI=1S/C25H34N2O2S/c1-5-23(25(29)26-15-19(2)3)27(16-21-12-7-6-8-13-21)24(28)18-30-17-22-14-10-9-11-20(22)4/h6-14,19,23H,5,15-18H2,1-4H3,(H,26,29). The van der Waals surface area contributed by atoms with E-state index in [0.717, 1.165) is 11.3 Å². The normalized spacial score (nSPS) is 11.9. The highest BCUT2D eigenvalue weighted by molar-refractivity contribution is 7.99. The molecule has 0 aliphatic carbocycles. The fourth-order valence-corrected chi connectivity index (χ4v) is 4.21. The Labute approximate surface area is 185 Å². The lowest BCUT2D eigenvalue weighted by atomic mass is 10.1. The second-order valence-corrected chi connectivity index (χ2v) is 8.98. The Balaban J connectivity index is 2.09. The molecule has 0 aromatic heterocycles. The average Bonchev–Trinajstić information content (AvgIpc) is 2.74. The maximum atomic E-state index is 13.2. The minimum absolute atomic E-state index is 0.00369. The van der Waals surface area contributed by atoms with Crippen LogP contribution in [0.3, 0.4) is 0 Å². The van der Waals surface area contributed by atoms with Crippen molar-refractivity contribution in [3.8, 4) is 0 Å². The van der Waals surface area contributed by atoms with Crippen molar-refractivity contribution in [3.63, 3.8) is 0 Å². The predicted molar refractivity (Wildman–Crippen MR) is 126 cm³/mol. The number of thioether (sulfide) groups is 1. The van der Waals surface area contributed by atoms with Crippen LogP contribution in [-0.2, 0) is 21.9 Å². The van der Waals surface area contributed by atoms with Gasteiger partial charge in [-0.15, -0.1) is 11.8 Å². The third-order valence-corrected chi connectivity index (χ3v) is 5.98. The van der Waals surface area contributed by atoms with Gasteiger partial charge in [0.15, 0.2) is 0 Å². The highest BCUT2D eigenvalue weighted by Gasteiger charge is 2.28. The van der Waals surface area contributed by atoms with E-state index in [1.54, 1.807) is 16.7 Å². The number of nitrogens with one attached hydrogen (secondary N) is 1. The van der Waals surface area contributed by atoms with Gasteiger partial charge in [-0.05, 0) is 36.0 Å². The van der Waals surface area contributed by atoms with Crippen molar-refractivity contribution in [1.29, 1.82) is 0 Å². The summed E-state index contributed by atoms with van der Waals surface area (Å²) in [5.74, 6) is 1.45. The third-order valence-electron chi connectivity index (χ3n) is 5.01. The lowest BCUT2D eigenvalue weighted by molar-refractivity contribution is -0.139. The average molecular weight is 427 g/mol. The smallest absolute Gasteiger partial charge is 0.242 e. The summed E-state index contributed by atoms with van der Waals surface area (Å²) in [5.41, 5.74) is 3.51. The van der Waals surface area contributed by atoms with E-state index in [-0.39, 0.29) is 11.8 Å². The van der Waals surface area contributed by atoms with Crippen molar-refractivity contribution in [1.82, 2.24) is 10.2 Å². The van der Waals surface area contributed by atoms with Crippen LogP contribution in [-0.4, -0.2) is 35.1 Å². The van der Waals surface area contributed by atoms with Gasteiger partial charge in [0, 0.05) is 18.8 Å². The highest BCUT2D eigenvalue weighted by atomic mass is 32.2. The third kappa shape index (κ3) is 7.52. The Bertz CT molecular complexity index is 808. The molecule has 0 aliphatic heterocycles. The SMILES string of the molecule is CCC(C(=O)NCC(C)C)N(Cc1ccccc1)C(=O)CSCc1ccccc1C. The van der Waals surface area contributed by atoms with Crippen molar-refractivity contribution in [3.05, 3.63) is 71.3 Å². The second kappa shape index (κ2) is 12.4. The molecular weight excluding hydrogens is 392 g/mol. The van der Waals surface area contributed by atoms with Crippen molar-refractivity contribution < 1.29 is 9.59 Å². The van der Waals surface area contributed by atoms with Gasteiger partial charge in [0.2, 0.25) is 11.8 Å². The molecule has 2 rings (SSSR count). The first-order valence-electron chi connectivity index (χ1n) is 10.7. The van der Waals surface area contributed by atoms with Crippen LogP contribution in [0.15, 0.2) is 54.6 Å². The summed E-state index contributed by atoms with van der Waals surface area (Å²) in [7, 11) is 0. The zero-order valence-electron chi connectivity index (χ0n) is 18.6. The summed E-state index contributed by atoms with van der Waals surface area (Å²) in [5, 5.41) is 3.00. The van der Waals surface area contributed by atoms with Gasteiger partial charge in [-0.25, -0.2) is 0 Å². The molecule has 1 N–H and O–H groups in total. The van der Waals surface area contributed by atoms with Gasteiger partial charge in [0.1, 0.15) is 6.04 Å². The predicted octanol–water partition coefficient (Wildman–Crippen LogP) is 4.81. The maximum Gasteiger partial charge on any atom is 0.242 e. The van der Waals surface area contributed by atoms with Gasteiger partial charge in [-0.2, -0.15) is 0 Å². The van der Waals surface area contributed by atoms with Crippen molar-refractivity contribution in [2.75, 3.05) is 12.3 Å². The van der Waals surface area contributed by atoms with E-state index in [1.807, 2.05) is 49.4 Å². The first-order chi connectivity index (χ1) is 14.4. The molecule has 0 aliphatic rings. The van der Waals surface area contributed by atoms with Gasteiger partial charge in [-0.3, -0.25) is 9.59 Å². The van der Waals surface area contributed by atoms with Gasteiger partial charge < -0.3 is 10.2 Å². The zero-order valence-corrected chi connectivity index (χ0v) is 19.4. The molecule has 0 heterocycles. The molecule has 2 amide bonds. The van der Waals surface area contributed by atoms with Crippen LogP contribution >= 0.6 is 11.8 Å². The molecule has 0 spiro atoms. The van der Waals surface area contributed by atoms with Gasteiger partial charge in [0.25, 0.3) is 0 Å². The van der Waals surface area contributed by atoms with Crippen molar-refractivity contribution >= 4 is 23.6 Å². The van der Waals surface area contributed by atoms with E-state index in [9.17, 15) is 9.59 Å². The minimum Gasteiger partial charge on any atom is -0.354 e. The Hall–Kier alpha value is -2.27. The Morgan fingerprint density at radius 3 is 2.33 bits per heavy atom. The maximum absolute atomic E-state index is 13.2. The Kier molecular flexibility index (Phi) is 9.95. The number of hydrogen-bond donors (Lipinski definition) is 1. The number of benzene rings is 2. The van der Waals surface area contributed by atoms with E-state index in [0.29, 0.717) is 31.2 Å². The van der Waals surface area contributed by atoms with E-state index < -0.39 is 6.04 Å².